The number of carbonyl (C=O) groups excluding carboxylic acids is 1. The van der Waals surface area contributed by atoms with Crippen LogP contribution in [0.15, 0.2) is 18.2 Å². The van der Waals surface area contributed by atoms with E-state index in [0.717, 1.165) is 23.4 Å². The minimum absolute atomic E-state index is 0.148. The van der Waals surface area contributed by atoms with Gasteiger partial charge in [0.15, 0.2) is 0 Å². The Balaban J connectivity index is 2.73. The number of rotatable bonds is 6. The van der Waals surface area contributed by atoms with Crippen molar-refractivity contribution in [2.45, 2.75) is 39.7 Å². The summed E-state index contributed by atoms with van der Waals surface area (Å²) >= 11 is 0. The number of anilines is 1. The van der Waals surface area contributed by atoms with Crippen molar-refractivity contribution in [2.75, 3.05) is 19.0 Å². The number of ether oxygens (including phenoxy) is 2. The molecule has 4 nitrogen and oxygen atoms in total. The molecule has 0 atom stereocenters. The van der Waals surface area contributed by atoms with E-state index in [4.69, 9.17) is 9.47 Å². The highest BCUT2D eigenvalue weighted by Gasteiger charge is 2.28. The van der Waals surface area contributed by atoms with Gasteiger partial charge in [-0.15, -0.1) is 0 Å². The van der Waals surface area contributed by atoms with Gasteiger partial charge < -0.3 is 14.8 Å². The van der Waals surface area contributed by atoms with Crippen molar-refractivity contribution < 1.29 is 14.3 Å². The third-order valence-electron chi connectivity index (χ3n) is 2.87. The molecule has 19 heavy (non-hydrogen) atoms. The van der Waals surface area contributed by atoms with Crippen molar-refractivity contribution in [3.05, 3.63) is 23.8 Å². The molecular weight excluding hydrogens is 242 g/mol. The van der Waals surface area contributed by atoms with E-state index < -0.39 is 5.60 Å². The van der Waals surface area contributed by atoms with Gasteiger partial charge in [-0.2, -0.15) is 0 Å². The number of hydrogen-bond donors (Lipinski definition) is 1. The average Bonchev–Trinajstić information content (AvgIpc) is 2.36. The molecule has 0 radical (unpaired) electrons. The quantitative estimate of drug-likeness (QED) is 0.859. The Morgan fingerprint density at radius 3 is 2.58 bits per heavy atom. The molecule has 0 aliphatic carbocycles. The first-order valence-corrected chi connectivity index (χ1v) is 6.50. The lowest BCUT2D eigenvalue weighted by molar-refractivity contribution is -0.137. The molecule has 0 fully saturated rings. The van der Waals surface area contributed by atoms with E-state index >= 15 is 0 Å². The molecule has 0 spiro atoms. The topological polar surface area (TPSA) is 47.6 Å². The standard InChI is InChI=1S/C15H23NO3/c1-6-9-19-15(3,4)14(17)16-12-7-8-13(18-5)11(2)10-12/h7-8,10H,6,9H2,1-5H3,(H,16,17). The maximum atomic E-state index is 12.1. The SMILES string of the molecule is CCCOC(C)(C)C(=O)Nc1ccc(OC)c(C)c1. The second-order valence-corrected chi connectivity index (χ2v) is 5.00. The van der Waals surface area contributed by atoms with Crippen molar-refractivity contribution >= 4 is 11.6 Å². The van der Waals surface area contributed by atoms with Gasteiger partial charge in [-0.25, -0.2) is 0 Å². The highest BCUT2D eigenvalue weighted by molar-refractivity contribution is 5.96. The van der Waals surface area contributed by atoms with Crippen molar-refractivity contribution in [3.8, 4) is 5.75 Å². The number of hydrogen-bond acceptors (Lipinski definition) is 3. The van der Waals surface area contributed by atoms with Gasteiger partial charge in [0.05, 0.1) is 7.11 Å². The fourth-order valence-electron chi connectivity index (χ4n) is 1.66. The normalized spacial score (nSPS) is 11.2. The molecule has 0 aliphatic heterocycles. The lowest BCUT2D eigenvalue weighted by atomic mass is 10.1. The lowest BCUT2D eigenvalue weighted by Crippen LogP contribution is -2.40. The number of methoxy groups -OCH3 is 1. The fourth-order valence-corrected chi connectivity index (χ4v) is 1.66. The Bertz CT molecular complexity index is 441. The highest BCUT2D eigenvalue weighted by Crippen LogP contribution is 2.22. The zero-order chi connectivity index (χ0) is 14.5. The van der Waals surface area contributed by atoms with Crippen molar-refractivity contribution in [2.24, 2.45) is 0 Å². The summed E-state index contributed by atoms with van der Waals surface area (Å²) in [4.78, 5) is 12.1. The third-order valence-corrected chi connectivity index (χ3v) is 2.87. The second-order valence-electron chi connectivity index (χ2n) is 5.00. The fraction of sp³-hybridized carbons (Fsp3) is 0.533. The van der Waals surface area contributed by atoms with Crippen LogP contribution in [-0.2, 0) is 9.53 Å². The number of amides is 1. The van der Waals surface area contributed by atoms with Crippen molar-refractivity contribution in [3.63, 3.8) is 0 Å². The van der Waals surface area contributed by atoms with Gasteiger partial charge in [0, 0.05) is 12.3 Å². The van der Waals surface area contributed by atoms with E-state index in [1.165, 1.54) is 0 Å². The van der Waals surface area contributed by atoms with Crippen LogP contribution >= 0.6 is 0 Å². The molecule has 1 rings (SSSR count). The molecule has 1 amide bonds. The van der Waals surface area contributed by atoms with E-state index in [2.05, 4.69) is 5.32 Å². The first kappa shape index (κ1) is 15.5. The minimum atomic E-state index is -0.830. The molecule has 0 heterocycles. The zero-order valence-corrected chi connectivity index (χ0v) is 12.4. The zero-order valence-electron chi connectivity index (χ0n) is 12.4. The van der Waals surface area contributed by atoms with Gasteiger partial charge in [-0.05, 0) is 51.0 Å². The minimum Gasteiger partial charge on any atom is -0.496 e. The first-order chi connectivity index (χ1) is 8.90. The Hall–Kier alpha value is -1.55. The van der Waals surface area contributed by atoms with Crippen LogP contribution in [0.3, 0.4) is 0 Å². The van der Waals surface area contributed by atoms with Gasteiger partial charge in [-0.3, -0.25) is 4.79 Å². The van der Waals surface area contributed by atoms with Gasteiger partial charge in [0.1, 0.15) is 11.4 Å². The van der Waals surface area contributed by atoms with Crippen LogP contribution in [0.25, 0.3) is 0 Å². The molecule has 0 aliphatic rings. The van der Waals surface area contributed by atoms with Crippen LogP contribution in [0.2, 0.25) is 0 Å². The van der Waals surface area contributed by atoms with E-state index in [1.807, 2.05) is 32.0 Å². The van der Waals surface area contributed by atoms with Gasteiger partial charge in [-0.1, -0.05) is 6.92 Å². The van der Waals surface area contributed by atoms with Crippen molar-refractivity contribution in [1.29, 1.82) is 0 Å². The van der Waals surface area contributed by atoms with Crippen LogP contribution in [0, 0.1) is 6.92 Å². The summed E-state index contributed by atoms with van der Waals surface area (Å²) in [5.41, 5.74) is 0.896. The van der Waals surface area contributed by atoms with Gasteiger partial charge in [0.2, 0.25) is 0 Å². The van der Waals surface area contributed by atoms with Gasteiger partial charge in [0.25, 0.3) is 5.91 Å². The molecule has 0 saturated carbocycles. The summed E-state index contributed by atoms with van der Waals surface area (Å²) < 4.78 is 10.7. The number of aryl methyl sites for hydroxylation is 1. The molecule has 1 aromatic carbocycles. The summed E-state index contributed by atoms with van der Waals surface area (Å²) in [5, 5.41) is 2.86. The van der Waals surface area contributed by atoms with Crippen LogP contribution in [-0.4, -0.2) is 25.2 Å². The van der Waals surface area contributed by atoms with Crippen LogP contribution < -0.4 is 10.1 Å². The average molecular weight is 265 g/mol. The largest absolute Gasteiger partial charge is 0.496 e. The van der Waals surface area contributed by atoms with Crippen LogP contribution in [0.4, 0.5) is 5.69 Å². The number of nitrogens with one attached hydrogen (secondary N) is 1. The third kappa shape index (κ3) is 4.24. The first-order valence-electron chi connectivity index (χ1n) is 6.50. The molecule has 0 saturated heterocycles. The Morgan fingerprint density at radius 2 is 2.05 bits per heavy atom. The van der Waals surface area contributed by atoms with Crippen LogP contribution in [0.1, 0.15) is 32.8 Å². The molecule has 1 N–H and O–H groups in total. The van der Waals surface area contributed by atoms with E-state index in [9.17, 15) is 4.79 Å². The maximum Gasteiger partial charge on any atom is 0.256 e. The molecular formula is C15H23NO3. The molecule has 4 heteroatoms. The molecule has 0 bridgehead atoms. The van der Waals surface area contributed by atoms with Crippen molar-refractivity contribution in [1.82, 2.24) is 0 Å². The number of carbonyl (C=O) groups is 1. The highest BCUT2D eigenvalue weighted by atomic mass is 16.5. The van der Waals surface area contributed by atoms with Crippen LogP contribution in [0.5, 0.6) is 5.75 Å². The Labute approximate surface area is 115 Å². The Morgan fingerprint density at radius 1 is 1.37 bits per heavy atom. The molecule has 0 aromatic heterocycles. The predicted molar refractivity (Wildman–Crippen MR) is 76.7 cm³/mol. The summed E-state index contributed by atoms with van der Waals surface area (Å²) in [6.45, 7) is 8.07. The Kier molecular flexibility index (Phi) is 5.36. The molecule has 1 aromatic rings. The smallest absolute Gasteiger partial charge is 0.256 e. The predicted octanol–water partition coefficient (Wildman–Crippen LogP) is 3.15. The monoisotopic (exact) mass is 265 g/mol. The molecule has 106 valence electrons. The van der Waals surface area contributed by atoms with Gasteiger partial charge >= 0.3 is 0 Å². The number of benzene rings is 1. The lowest BCUT2D eigenvalue weighted by Gasteiger charge is -2.24. The summed E-state index contributed by atoms with van der Waals surface area (Å²) in [6.07, 6.45) is 0.887. The summed E-state index contributed by atoms with van der Waals surface area (Å²) in [6, 6.07) is 5.54. The maximum absolute atomic E-state index is 12.1. The summed E-state index contributed by atoms with van der Waals surface area (Å²) in [7, 11) is 1.63. The van der Waals surface area contributed by atoms with E-state index in [1.54, 1.807) is 21.0 Å². The van der Waals surface area contributed by atoms with E-state index in [-0.39, 0.29) is 5.91 Å². The van der Waals surface area contributed by atoms with E-state index in [0.29, 0.717) is 6.61 Å². The second kappa shape index (κ2) is 6.57. The molecule has 0 unspecified atom stereocenters. The summed E-state index contributed by atoms with van der Waals surface area (Å²) in [5.74, 6) is 0.657.